The first-order valence-electron chi connectivity index (χ1n) is 5.38. The molecule has 1 aromatic rings. The minimum Gasteiger partial charge on any atom is -0.363 e. The molecule has 14 heavy (non-hydrogen) atoms. The Labute approximate surface area is 87.1 Å². The van der Waals surface area contributed by atoms with E-state index in [9.17, 15) is 0 Å². The number of benzene rings is 1. The average Bonchev–Trinajstić information content (AvgIpc) is 2.42. The van der Waals surface area contributed by atoms with Crippen molar-refractivity contribution in [3.63, 3.8) is 0 Å². The molecule has 2 rings (SSSR count). The maximum absolute atomic E-state index is 5.82. The lowest BCUT2D eigenvalue weighted by molar-refractivity contribution is -0.0435. The number of fused-ring (bicyclic) bond motifs is 1. The van der Waals surface area contributed by atoms with Crippen molar-refractivity contribution >= 4 is 0 Å². The Bertz CT molecular complexity index is 302. The first kappa shape index (κ1) is 11.3. The largest absolute Gasteiger partial charge is 0.363 e. The van der Waals surface area contributed by atoms with Crippen LogP contribution < -0.4 is 0 Å². The van der Waals surface area contributed by atoms with Crippen molar-refractivity contribution in [2.24, 2.45) is 0 Å². The van der Waals surface area contributed by atoms with Crippen molar-refractivity contribution in [2.75, 3.05) is 0 Å². The van der Waals surface area contributed by atoms with Gasteiger partial charge in [0.15, 0.2) is 0 Å². The van der Waals surface area contributed by atoms with Gasteiger partial charge in [0.1, 0.15) is 0 Å². The van der Waals surface area contributed by atoms with Crippen LogP contribution in [0.1, 0.15) is 51.8 Å². The summed E-state index contributed by atoms with van der Waals surface area (Å²) in [4.78, 5) is 0. The minimum atomic E-state index is -0.101. The van der Waals surface area contributed by atoms with Gasteiger partial charge in [-0.1, -0.05) is 38.1 Å². The monoisotopic (exact) mass is 192 g/mol. The summed E-state index contributed by atoms with van der Waals surface area (Å²) in [6, 6.07) is 8.44. The highest BCUT2D eigenvalue weighted by atomic mass is 16.5. The van der Waals surface area contributed by atoms with E-state index in [4.69, 9.17) is 4.74 Å². The Hall–Kier alpha value is -0.820. The molecule has 78 valence electrons. The van der Waals surface area contributed by atoms with E-state index >= 15 is 0 Å². The fraction of sp³-hybridized carbons (Fsp3) is 0.538. The molecule has 1 aliphatic heterocycles. The number of hydrogen-bond acceptors (Lipinski definition) is 1. The quantitative estimate of drug-likeness (QED) is 0.603. The lowest BCUT2D eigenvalue weighted by Crippen LogP contribution is -2.14. The standard InChI is InChI=1S/C11H14O.C2H6/c1-8-9-6-4-5-7-10(9)11(2,3)12-8;1-2/h4-8H,1-3H3;1-2H3. The first-order chi connectivity index (χ1) is 6.61. The van der Waals surface area contributed by atoms with Crippen LogP contribution in [-0.2, 0) is 10.3 Å². The molecule has 0 N–H and O–H groups in total. The zero-order valence-corrected chi connectivity index (χ0v) is 9.79. The van der Waals surface area contributed by atoms with Crippen LogP contribution in [0.15, 0.2) is 24.3 Å². The zero-order chi connectivity index (χ0) is 10.8. The molecule has 0 saturated heterocycles. The molecule has 0 spiro atoms. The van der Waals surface area contributed by atoms with Gasteiger partial charge in [-0.05, 0) is 31.9 Å². The van der Waals surface area contributed by atoms with Crippen LogP contribution in [0.5, 0.6) is 0 Å². The molecule has 0 aliphatic carbocycles. The molecule has 0 fully saturated rings. The normalized spacial score (nSPS) is 22.2. The molecule has 1 heterocycles. The predicted octanol–water partition coefficient (Wildman–Crippen LogP) is 4.04. The first-order valence-corrected chi connectivity index (χ1v) is 5.38. The third-order valence-corrected chi connectivity index (χ3v) is 2.52. The van der Waals surface area contributed by atoms with Crippen molar-refractivity contribution in [1.82, 2.24) is 0 Å². The maximum Gasteiger partial charge on any atom is 0.0887 e. The van der Waals surface area contributed by atoms with E-state index in [1.807, 2.05) is 13.8 Å². The highest BCUT2D eigenvalue weighted by Crippen LogP contribution is 2.42. The molecule has 0 bridgehead atoms. The van der Waals surface area contributed by atoms with Crippen LogP contribution in [0.3, 0.4) is 0 Å². The highest BCUT2D eigenvalue weighted by Gasteiger charge is 2.34. The second-order valence-corrected chi connectivity index (χ2v) is 3.86. The Morgan fingerprint density at radius 2 is 1.71 bits per heavy atom. The van der Waals surface area contributed by atoms with Crippen molar-refractivity contribution in [1.29, 1.82) is 0 Å². The van der Waals surface area contributed by atoms with E-state index in [1.165, 1.54) is 11.1 Å². The molecular formula is C13H20O. The van der Waals surface area contributed by atoms with Gasteiger partial charge in [0.05, 0.1) is 11.7 Å². The van der Waals surface area contributed by atoms with E-state index in [1.54, 1.807) is 0 Å². The molecule has 1 atom stereocenters. The second-order valence-electron chi connectivity index (χ2n) is 3.86. The third kappa shape index (κ3) is 1.83. The topological polar surface area (TPSA) is 9.23 Å². The smallest absolute Gasteiger partial charge is 0.0887 e. The van der Waals surface area contributed by atoms with E-state index in [2.05, 4.69) is 45.0 Å². The van der Waals surface area contributed by atoms with Gasteiger partial charge in [0.2, 0.25) is 0 Å². The van der Waals surface area contributed by atoms with Crippen LogP contribution in [0, 0.1) is 0 Å². The molecular weight excluding hydrogens is 172 g/mol. The molecule has 1 aromatic carbocycles. The van der Waals surface area contributed by atoms with Crippen molar-refractivity contribution in [2.45, 2.75) is 46.3 Å². The van der Waals surface area contributed by atoms with Gasteiger partial charge < -0.3 is 4.74 Å². The van der Waals surface area contributed by atoms with Gasteiger partial charge >= 0.3 is 0 Å². The lowest BCUT2D eigenvalue weighted by Gasteiger charge is -2.19. The van der Waals surface area contributed by atoms with Gasteiger partial charge in [-0.2, -0.15) is 0 Å². The summed E-state index contributed by atoms with van der Waals surface area (Å²) in [6.45, 7) is 10.3. The summed E-state index contributed by atoms with van der Waals surface area (Å²) in [5.41, 5.74) is 2.57. The summed E-state index contributed by atoms with van der Waals surface area (Å²) < 4.78 is 5.82. The van der Waals surface area contributed by atoms with Gasteiger partial charge in [0.25, 0.3) is 0 Å². The van der Waals surface area contributed by atoms with Crippen LogP contribution >= 0.6 is 0 Å². The lowest BCUT2D eigenvalue weighted by atomic mass is 9.95. The Morgan fingerprint density at radius 3 is 2.29 bits per heavy atom. The van der Waals surface area contributed by atoms with Gasteiger partial charge in [0, 0.05) is 0 Å². The Morgan fingerprint density at radius 1 is 1.14 bits per heavy atom. The Balaban J connectivity index is 0.000000461. The van der Waals surface area contributed by atoms with Crippen LogP contribution in [0.25, 0.3) is 0 Å². The van der Waals surface area contributed by atoms with E-state index < -0.39 is 0 Å². The van der Waals surface area contributed by atoms with E-state index in [-0.39, 0.29) is 11.7 Å². The van der Waals surface area contributed by atoms with Crippen LogP contribution in [0.4, 0.5) is 0 Å². The average molecular weight is 192 g/mol. The number of ether oxygens (including phenoxy) is 1. The molecule has 1 nitrogen and oxygen atoms in total. The molecule has 1 aliphatic rings. The van der Waals surface area contributed by atoms with Crippen molar-refractivity contribution < 1.29 is 4.74 Å². The number of hydrogen-bond donors (Lipinski definition) is 0. The summed E-state index contributed by atoms with van der Waals surface area (Å²) in [7, 11) is 0. The zero-order valence-electron chi connectivity index (χ0n) is 9.79. The fourth-order valence-electron chi connectivity index (χ4n) is 1.97. The molecule has 0 amide bonds. The van der Waals surface area contributed by atoms with E-state index in [0.29, 0.717) is 0 Å². The third-order valence-electron chi connectivity index (χ3n) is 2.52. The molecule has 0 aromatic heterocycles. The summed E-state index contributed by atoms with van der Waals surface area (Å²) in [5, 5.41) is 0. The fourth-order valence-corrected chi connectivity index (χ4v) is 1.97. The maximum atomic E-state index is 5.82. The summed E-state index contributed by atoms with van der Waals surface area (Å²) >= 11 is 0. The second kappa shape index (κ2) is 4.14. The van der Waals surface area contributed by atoms with Crippen LogP contribution in [0.2, 0.25) is 0 Å². The summed E-state index contributed by atoms with van der Waals surface area (Å²) in [6.07, 6.45) is 0.246. The Kier molecular flexibility index (Phi) is 3.33. The van der Waals surface area contributed by atoms with Crippen molar-refractivity contribution in [3.8, 4) is 0 Å². The number of rotatable bonds is 0. The summed E-state index contributed by atoms with van der Waals surface area (Å²) in [5.74, 6) is 0. The van der Waals surface area contributed by atoms with Gasteiger partial charge in [-0.25, -0.2) is 0 Å². The predicted molar refractivity (Wildman–Crippen MR) is 60.3 cm³/mol. The van der Waals surface area contributed by atoms with E-state index in [0.717, 1.165) is 0 Å². The molecule has 0 radical (unpaired) electrons. The van der Waals surface area contributed by atoms with Crippen LogP contribution in [-0.4, -0.2) is 0 Å². The minimum absolute atomic E-state index is 0.101. The molecule has 1 heteroatoms. The molecule has 0 saturated carbocycles. The van der Waals surface area contributed by atoms with Gasteiger partial charge in [-0.3, -0.25) is 0 Å². The SMILES string of the molecule is CC.CC1OC(C)(C)c2ccccc21. The molecule has 1 unspecified atom stereocenters. The van der Waals surface area contributed by atoms with Gasteiger partial charge in [-0.15, -0.1) is 0 Å². The van der Waals surface area contributed by atoms with Crippen molar-refractivity contribution in [3.05, 3.63) is 35.4 Å². The highest BCUT2D eigenvalue weighted by molar-refractivity contribution is 5.36.